The lowest BCUT2D eigenvalue weighted by Gasteiger charge is -2.07. The van der Waals surface area contributed by atoms with Crippen molar-refractivity contribution in [2.24, 2.45) is 0 Å². The van der Waals surface area contributed by atoms with E-state index in [1.165, 1.54) is 7.11 Å². The first-order valence-corrected chi connectivity index (χ1v) is 6.09. The highest BCUT2D eigenvalue weighted by molar-refractivity contribution is 7.80. The number of methoxy groups -OCH3 is 1. The molecule has 18 heavy (non-hydrogen) atoms. The molecule has 0 aliphatic rings. The minimum Gasteiger partial charge on any atom is -0.469 e. The second-order valence-electron chi connectivity index (χ2n) is 3.65. The highest BCUT2D eigenvalue weighted by Crippen LogP contribution is 2.18. The van der Waals surface area contributed by atoms with Crippen molar-refractivity contribution in [2.45, 2.75) is 24.7 Å². The molecule has 0 atom stereocenters. The number of esters is 2. The van der Waals surface area contributed by atoms with Crippen LogP contribution in [0.4, 0.5) is 0 Å². The van der Waals surface area contributed by atoms with E-state index in [1.807, 2.05) is 6.07 Å². The third kappa shape index (κ3) is 4.07. The third-order valence-electron chi connectivity index (χ3n) is 2.40. The first kappa shape index (κ1) is 14.6. The van der Waals surface area contributed by atoms with Crippen LogP contribution in [-0.4, -0.2) is 25.7 Å². The van der Waals surface area contributed by atoms with E-state index < -0.39 is 5.97 Å². The first-order valence-electron chi connectivity index (χ1n) is 5.64. The summed E-state index contributed by atoms with van der Waals surface area (Å²) in [6.07, 6.45) is 0.803. The Bertz CT molecular complexity index is 443. The number of carbonyl (C=O) groups is 2. The van der Waals surface area contributed by atoms with Gasteiger partial charge in [0.25, 0.3) is 0 Å². The Labute approximate surface area is 112 Å². The zero-order chi connectivity index (χ0) is 13.5. The lowest BCUT2D eigenvalue weighted by Crippen LogP contribution is -2.07. The summed E-state index contributed by atoms with van der Waals surface area (Å²) in [5, 5.41) is 0. The Kier molecular flexibility index (Phi) is 5.71. The molecule has 0 N–H and O–H groups in total. The number of thiol groups is 1. The second kappa shape index (κ2) is 7.06. The molecular weight excluding hydrogens is 252 g/mol. The highest BCUT2D eigenvalue weighted by Gasteiger charge is 2.12. The molecule has 0 amide bonds. The van der Waals surface area contributed by atoms with E-state index in [-0.39, 0.29) is 12.4 Å². The predicted octanol–water partition coefficient (Wildman–Crippen LogP) is 2.26. The molecule has 0 saturated carbocycles. The smallest absolute Gasteiger partial charge is 0.339 e. The lowest BCUT2D eigenvalue weighted by atomic mass is 10.1. The lowest BCUT2D eigenvalue weighted by molar-refractivity contribution is -0.140. The van der Waals surface area contributed by atoms with Crippen LogP contribution in [-0.2, 0) is 20.7 Å². The average molecular weight is 268 g/mol. The molecule has 0 radical (unpaired) electrons. The molecular formula is C13H16O4S. The van der Waals surface area contributed by atoms with Crippen molar-refractivity contribution >= 4 is 24.6 Å². The van der Waals surface area contributed by atoms with Crippen molar-refractivity contribution in [3.63, 3.8) is 0 Å². The van der Waals surface area contributed by atoms with Gasteiger partial charge in [0.1, 0.15) is 0 Å². The number of aryl methyl sites for hydroxylation is 1. The average Bonchev–Trinajstić information content (AvgIpc) is 2.37. The van der Waals surface area contributed by atoms with Gasteiger partial charge in [-0.3, -0.25) is 4.79 Å². The van der Waals surface area contributed by atoms with Crippen LogP contribution < -0.4 is 0 Å². The maximum atomic E-state index is 11.6. The van der Waals surface area contributed by atoms with Gasteiger partial charge >= 0.3 is 11.9 Å². The fraction of sp³-hybridized carbons (Fsp3) is 0.385. The summed E-state index contributed by atoms with van der Waals surface area (Å²) in [5.41, 5.74) is 1.30. The van der Waals surface area contributed by atoms with E-state index in [1.54, 1.807) is 19.1 Å². The van der Waals surface area contributed by atoms with E-state index in [2.05, 4.69) is 17.4 Å². The van der Waals surface area contributed by atoms with Gasteiger partial charge in [0.15, 0.2) is 0 Å². The fourth-order valence-corrected chi connectivity index (χ4v) is 1.69. The van der Waals surface area contributed by atoms with Crippen molar-refractivity contribution in [3.05, 3.63) is 29.3 Å². The maximum absolute atomic E-state index is 11.6. The van der Waals surface area contributed by atoms with Gasteiger partial charge in [0, 0.05) is 11.3 Å². The summed E-state index contributed by atoms with van der Waals surface area (Å²) >= 11 is 4.21. The van der Waals surface area contributed by atoms with Crippen LogP contribution in [0.25, 0.3) is 0 Å². The van der Waals surface area contributed by atoms with E-state index in [0.717, 1.165) is 5.56 Å². The van der Waals surface area contributed by atoms with E-state index in [4.69, 9.17) is 4.74 Å². The molecule has 1 aromatic carbocycles. The van der Waals surface area contributed by atoms with Gasteiger partial charge in [-0.15, -0.1) is 12.6 Å². The van der Waals surface area contributed by atoms with Crippen LogP contribution in [0.3, 0.4) is 0 Å². The van der Waals surface area contributed by atoms with Gasteiger partial charge in [0.05, 0.1) is 19.3 Å². The molecule has 0 saturated heterocycles. The van der Waals surface area contributed by atoms with Gasteiger partial charge in [-0.25, -0.2) is 4.79 Å². The summed E-state index contributed by atoms with van der Waals surface area (Å²) in [7, 11) is 1.35. The molecule has 0 heterocycles. The van der Waals surface area contributed by atoms with Crippen molar-refractivity contribution in [1.29, 1.82) is 0 Å². The molecule has 0 unspecified atom stereocenters. The number of hydrogen-bond donors (Lipinski definition) is 1. The summed E-state index contributed by atoms with van der Waals surface area (Å²) in [6, 6.07) is 5.25. The van der Waals surface area contributed by atoms with Crippen LogP contribution in [0.1, 0.15) is 29.3 Å². The predicted molar refractivity (Wildman–Crippen MR) is 70.0 cm³/mol. The molecule has 0 spiro atoms. The monoisotopic (exact) mass is 268 g/mol. The topological polar surface area (TPSA) is 52.6 Å². The highest BCUT2D eigenvalue weighted by atomic mass is 32.1. The van der Waals surface area contributed by atoms with E-state index in [9.17, 15) is 9.59 Å². The standard InChI is InChI=1S/C13H16O4S/c1-3-17-13(15)10-8-9(4-6-11(10)18)5-7-12(14)16-2/h4,6,8,18H,3,5,7H2,1-2H3. The third-order valence-corrected chi connectivity index (χ3v) is 2.79. The van der Waals surface area contributed by atoms with Crippen LogP contribution in [0, 0.1) is 0 Å². The molecule has 0 bridgehead atoms. The van der Waals surface area contributed by atoms with Crippen LogP contribution in [0.2, 0.25) is 0 Å². The zero-order valence-electron chi connectivity index (χ0n) is 10.4. The van der Waals surface area contributed by atoms with Crippen molar-refractivity contribution in [1.82, 2.24) is 0 Å². The fourth-order valence-electron chi connectivity index (χ4n) is 1.46. The second-order valence-corrected chi connectivity index (χ2v) is 4.13. The molecule has 0 aliphatic carbocycles. The van der Waals surface area contributed by atoms with Crippen molar-refractivity contribution in [3.8, 4) is 0 Å². The van der Waals surface area contributed by atoms with Gasteiger partial charge < -0.3 is 9.47 Å². The SMILES string of the molecule is CCOC(=O)c1cc(CCC(=O)OC)ccc1S. The van der Waals surface area contributed by atoms with Crippen LogP contribution >= 0.6 is 12.6 Å². The summed E-state index contributed by atoms with van der Waals surface area (Å²) in [4.78, 5) is 23.3. The Morgan fingerprint density at radius 1 is 1.33 bits per heavy atom. The molecule has 5 heteroatoms. The first-order chi connectivity index (χ1) is 8.58. The Hall–Kier alpha value is -1.49. The molecule has 1 aromatic rings. The molecule has 1 rings (SSSR count). The van der Waals surface area contributed by atoms with Gasteiger partial charge in [0.2, 0.25) is 0 Å². The van der Waals surface area contributed by atoms with Crippen LogP contribution in [0.15, 0.2) is 23.1 Å². The van der Waals surface area contributed by atoms with Gasteiger partial charge in [-0.1, -0.05) is 6.07 Å². The van der Waals surface area contributed by atoms with E-state index in [0.29, 0.717) is 23.5 Å². The Balaban J connectivity index is 2.80. The molecule has 0 aliphatic heterocycles. The normalized spacial score (nSPS) is 9.94. The number of carbonyl (C=O) groups excluding carboxylic acids is 2. The molecule has 0 fully saturated rings. The number of benzene rings is 1. The Morgan fingerprint density at radius 3 is 2.67 bits per heavy atom. The molecule has 0 aromatic heterocycles. The maximum Gasteiger partial charge on any atom is 0.339 e. The van der Waals surface area contributed by atoms with Crippen LogP contribution in [0.5, 0.6) is 0 Å². The molecule has 98 valence electrons. The minimum absolute atomic E-state index is 0.275. The van der Waals surface area contributed by atoms with Gasteiger partial charge in [-0.2, -0.15) is 0 Å². The summed E-state index contributed by atoms with van der Waals surface area (Å²) in [6.45, 7) is 2.07. The quantitative estimate of drug-likeness (QED) is 0.657. The molecule has 4 nitrogen and oxygen atoms in total. The largest absolute Gasteiger partial charge is 0.469 e. The number of rotatable bonds is 5. The number of ether oxygens (including phenoxy) is 2. The van der Waals surface area contributed by atoms with Crippen molar-refractivity contribution < 1.29 is 19.1 Å². The summed E-state index contributed by atoms with van der Waals surface area (Å²) < 4.78 is 9.50. The minimum atomic E-state index is -0.401. The summed E-state index contributed by atoms with van der Waals surface area (Å²) in [5.74, 6) is -0.676. The Morgan fingerprint density at radius 2 is 2.06 bits per heavy atom. The van der Waals surface area contributed by atoms with Gasteiger partial charge in [-0.05, 0) is 31.0 Å². The van der Waals surface area contributed by atoms with Crippen molar-refractivity contribution in [2.75, 3.05) is 13.7 Å². The van der Waals surface area contributed by atoms with E-state index >= 15 is 0 Å². The zero-order valence-corrected chi connectivity index (χ0v) is 11.3. The number of hydrogen-bond acceptors (Lipinski definition) is 5.